The van der Waals surface area contributed by atoms with Crippen molar-refractivity contribution in [2.24, 2.45) is 23.0 Å². The first-order valence-electron chi connectivity index (χ1n) is 6.70. The lowest BCUT2D eigenvalue weighted by atomic mass is 9.73. The van der Waals surface area contributed by atoms with Crippen LogP contribution < -0.4 is 5.73 Å². The highest BCUT2D eigenvalue weighted by molar-refractivity contribution is 4.99. The number of hydrogen-bond acceptors (Lipinski definition) is 1. The minimum absolute atomic E-state index is 0.269. The van der Waals surface area contributed by atoms with Gasteiger partial charge in [0.2, 0.25) is 0 Å². The van der Waals surface area contributed by atoms with Crippen molar-refractivity contribution in [3.05, 3.63) is 0 Å². The molecule has 0 amide bonds. The van der Waals surface area contributed by atoms with E-state index in [-0.39, 0.29) is 5.54 Å². The minimum atomic E-state index is 0.269. The largest absolute Gasteiger partial charge is 0.325 e. The third kappa shape index (κ3) is 2.75. The predicted molar refractivity (Wildman–Crippen MR) is 65.7 cm³/mol. The van der Waals surface area contributed by atoms with Crippen LogP contribution in [0.2, 0.25) is 0 Å². The van der Waals surface area contributed by atoms with Crippen LogP contribution in [0, 0.1) is 17.3 Å². The summed E-state index contributed by atoms with van der Waals surface area (Å²) in [6.07, 6.45) is 9.58. The molecule has 2 saturated carbocycles. The lowest BCUT2D eigenvalue weighted by Gasteiger charge is -2.33. The molecule has 2 aliphatic carbocycles. The molecule has 2 atom stereocenters. The summed E-state index contributed by atoms with van der Waals surface area (Å²) in [7, 11) is 0. The monoisotopic (exact) mass is 209 g/mol. The molecule has 0 heterocycles. The number of nitrogens with two attached hydrogens (primary N) is 1. The van der Waals surface area contributed by atoms with Crippen LogP contribution in [-0.4, -0.2) is 5.54 Å². The molecular formula is C14H27N. The summed E-state index contributed by atoms with van der Waals surface area (Å²) in [5.41, 5.74) is 6.95. The van der Waals surface area contributed by atoms with E-state index >= 15 is 0 Å². The standard InChI is InChI=1S/C14H27N/c1-13(2,3)12-6-4-5-11(12)7-8-14(15)9-10-14/h11-12H,4-10,15H2,1-3H3. The SMILES string of the molecule is CC(C)(C)C1CCCC1CCC1(N)CC1. The van der Waals surface area contributed by atoms with E-state index in [0.29, 0.717) is 5.41 Å². The third-order valence-corrected chi connectivity index (χ3v) is 4.68. The lowest BCUT2D eigenvalue weighted by molar-refractivity contribution is 0.174. The zero-order valence-corrected chi connectivity index (χ0v) is 10.7. The van der Waals surface area contributed by atoms with Crippen LogP contribution >= 0.6 is 0 Å². The maximum absolute atomic E-state index is 6.18. The van der Waals surface area contributed by atoms with E-state index in [1.807, 2.05) is 0 Å². The molecule has 0 aromatic heterocycles. The molecular weight excluding hydrogens is 182 g/mol. The van der Waals surface area contributed by atoms with Gasteiger partial charge in [0, 0.05) is 5.54 Å². The van der Waals surface area contributed by atoms with Crippen molar-refractivity contribution in [3.63, 3.8) is 0 Å². The maximum atomic E-state index is 6.18. The van der Waals surface area contributed by atoms with Gasteiger partial charge >= 0.3 is 0 Å². The molecule has 2 unspecified atom stereocenters. The van der Waals surface area contributed by atoms with Crippen molar-refractivity contribution >= 4 is 0 Å². The Morgan fingerprint density at radius 2 is 1.87 bits per heavy atom. The zero-order valence-electron chi connectivity index (χ0n) is 10.7. The molecule has 2 fully saturated rings. The molecule has 0 aliphatic heterocycles. The molecule has 0 spiro atoms. The summed E-state index contributed by atoms with van der Waals surface area (Å²) in [5, 5.41) is 0. The van der Waals surface area contributed by atoms with Crippen LogP contribution in [0.4, 0.5) is 0 Å². The topological polar surface area (TPSA) is 26.0 Å². The van der Waals surface area contributed by atoms with Crippen LogP contribution in [0.1, 0.15) is 65.7 Å². The highest BCUT2D eigenvalue weighted by atomic mass is 14.8. The Kier molecular flexibility index (Phi) is 2.87. The smallest absolute Gasteiger partial charge is 0.0155 e. The first-order valence-corrected chi connectivity index (χ1v) is 6.70. The second kappa shape index (κ2) is 3.76. The van der Waals surface area contributed by atoms with E-state index in [2.05, 4.69) is 20.8 Å². The Hall–Kier alpha value is -0.0400. The highest BCUT2D eigenvalue weighted by Crippen LogP contribution is 2.47. The van der Waals surface area contributed by atoms with Crippen LogP contribution in [0.5, 0.6) is 0 Å². The van der Waals surface area contributed by atoms with Crippen LogP contribution in [-0.2, 0) is 0 Å². The fourth-order valence-electron chi connectivity index (χ4n) is 3.41. The second-order valence-corrected chi connectivity index (χ2v) is 7.06. The molecule has 1 heteroatoms. The van der Waals surface area contributed by atoms with Crippen LogP contribution in [0.25, 0.3) is 0 Å². The van der Waals surface area contributed by atoms with E-state index in [0.717, 1.165) is 11.8 Å². The summed E-state index contributed by atoms with van der Waals surface area (Å²) >= 11 is 0. The summed E-state index contributed by atoms with van der Waals surface area (Å²) in [6.45, 7) is 7.22. The van der Waals surface area contributed by atoms with E-state index in [9.17, 15) is 0 Å². The van der Waals surface area contributed by atoms with Gasteiger partial charge in [-0.15, -0.1) is 0 Å². The van der Waals surface area contributed by atoms with Gasteiger partial charge in [0.05, 0.1) is 0 Å². The van der Waals surface area contributed by atoms with Crippen molar-refractivity contribution in [2.75, 3.05) is 0 Å². The van der Waals surface area contributed by atoms with Crippen LogP contribution in [0.15, 0.2) is 0 Å². The Morgan fingerprint density at radius 1 is 1.20 bits per heavy atom. The average molecular weight is 209 g/mol. The molecule has 2 rings (SSSR count). The normalized spacial score (nSPS) is 34.4. The summed E-state index contributed by atoms with van der Waals surface area (Å²) in [5.74, 6) is 1.91. The molecule has 0 bridgehead atoms. The second-order valence-electron chi connectivity index (χ2n) is 7.06. The molecule has 0 saturated heterocycles. The van der Waals surface area contributed by atoms with Crippen molar-refractivity contribution < 1.29 is 0 Å². The quantitative estimate of drug-likeness (QED) is 0.753. The average Bonchev–Trinajstić information content (AvgIpc) is 2.66. The molecule has 1 nitrogen and oxygen atoms in total. The van der Waals surface area contributed by atoms with Crippen molar-refractivity contribution in [1.82, 2.24) is 0 Å². The Balaban J connectivity index is 1.85. The molecule has 0 aromatic rings. The molecule has 88 valence electrons. The maximum Gasteiger partial charge on any atom is 0.0155 e. The van der Waals surface area contributed by atoms with Gasteiger partial charge in [-0.1, -0.05) is 33.6 Å². The first-order chi connectivity index (χ1) is 6.91. The molecule has 0 aromatic carbocycles. The lowest BCUT2D eigenvalue weighted by Crippen LogP contribution is -2.27. The van der Waals surface area contributed by atoms with Gasteiger partial charge in [-0.2, -0.15) is 0 Å². The summed E-state index contributed by atoms with van der Waals surface area (Å²) < 4.78 is 0. The number of rotatable bonds is 3. The Bertz CT molecular complexity index is 222. The highest BCUT2D eigenvalue weighted by Gasteiger charge is 2.41. The van der Waals surface area contributed by atoms with Gasteiger partial charge in [-0.3, -0.25) is 0 Å². The molecule has 2 aliphatic rings. The van der Waals surface area contributed by atoms with Crippen LogP contribution in [0.3, 0.4) is 0 Å². The molecule has 15 heavy (non-hydrogen) atoms. The first kappa shape index (κ1) is 11.4. The van der Waals surface area contributed by atoms with Gasteiger partial charge in [0.15, 0.2) is 0 Å². The van der Waals surface area contributed by atoms with E-state index in [4.69, 9.17) is 5.73 Å². The van der Waals surface area contributed by atoms with Gasteiger partial charge in [-0.05, 0) is 49.4 Å². The van der Waals surface area contributed by atoms with Gasteiger partial charge in [-0.25, -0.2) is 0 Å². The van der Waals surface area contributed by atoms with E-state index in [1.54, 1.807) is 0 Å². The predicted octanol–water partition coefficient (Wildman–Crippen LogP) is 3.72. The van der Waals surface area contributed by atoms with Crippen molar-refractivity contribution in [3.8, 4) is 0 Å². The minimum Gasteiger partial charge on any atom is -0.325 e. The fourth-order valence-corrected chi connectivity index (χ4v) is 3.41. The Labute approximate surface area is 94.8 Å². The number of hydrogen-bond donors (Lipinski definition) is 1. The van der Waals surface area contributed by atoms with E-state index < -0.39 is 0 Å². The Morgan fingerprint density at radius 3 is 2.40 bits per heavy atom. The molecule has 0 radical (unpaired) electrons. The van der Waals surface area contributed by atoms with Crippen molar-refractivity contribution in [1.29, 1.82) is 0 Å². The van der Waals surface area contributed by atoms with E-state index in [1.165, 1.54) is 44.9 Å². The third-order valence-electron chi connectivity index (χ3n) is 4.68. The van der Waals surface area contributed by atoms with Gasteiger partial charge < -0.3 is 5.73 Å². The summed E-state index contributed by atoms with van der Waals surface area (Å²) in [4.78, 5) is 0. The van der Waals surface area contributed by atoms with Gasteiger partial charge in [0.1, 0.15) is 0 Å². The molecule has 2 N–H and O–H groups in total. The van der Waals surface area contributed by atoms with Crippen molar-refractivity contribution in [2.45, 2.75) is 71.3 Å². The fraction of sp³-hybridized carbons (Fsp3) is 1.00. The van der Waals surface area contributed by atoms with Gasteiger partial charge in [0.25, 0.3) is 0 Å². The summed E-state index contributed by atoms with van der Waals surface area (Å²) in [6, 6.07) is 0. The zero-order chi connectivity index (χ0) is 11.1.